The maximum Gasteiger partial charge on any atom is 0.173 e. The highest BCUT2D eigenvalue weighted by Crippen LogP contribution is 1.82. The normalized spacial score (nSPS) is 12.3. The van der Waals surface area contributed by atoms with Crippen molar-refractivity contribution in [2.75, 3.05) is 27.2 Å². The summed E-state index contributed by atoms with van der Waals surface area (Å²) in [5, 5.41) is 0. The average Bonchev–Trinajstić information content (AvgIpc) is 1.86. The van der Waals surface area contributed by atoms with Gasteiger partial charge in [-0.2, -0.15) is 0 Å². The number of rotatable bonds is 4. The Bertz CT molecular complexity index is 161. The molecule has 0 unspecified atom stereocenters. The zero-order valence-corrected chi connectivity index (χ0v) is 7.72. The van der Waals surface area contributed by atoms with Crippen LogP contribution in [0.3, 0.4) is 0 Å². The summed E-state index contributed by atoms with van der Waals surface area (Å²) in [5.74, 6) is 0.0590. The first-order valence-corrected chi connectivity index (χ1v) is 3.70. The second-order valence-corrected chi connectivity index (χ2v) is 2.83. The molecule has 0 aromatic heterocycles. The van der Waals surface area contributed by atoms with Gasteiger partial charge in [0.25, 0.3) is 0 Å². The van der Waals surface area contributed by atoms with E-state index < -0.39 is 0 Å². The largest absolute Gasteiger partial charge is 0.308 e. The minimum Gasteiger partial charge on any atom is -0.308 e. The molecule has 0 bridgehead atoms. The molecule has 64 valence electrons. The summed E-state index contributed by atoms with van der Waals surface area (Å²) in [4.78, 5) is 16.8. The van der Waals surface area contributed by atoms with Crippen molar-refractivity contribution in [3.05, 3.63) is 0 Å². The van der Waals surface area contributed by atoms with E-state index in [1.54, 1.807) is 6.92 Å². The quantitative estimate of drug-likeness (QED) is 0.558. The number of Topliss-reactive ketones (excluding diaryl/α,β-unsaturated/α-hetero) is 1. The monoisotopic (exact) mass is 156 g/mol. The summed E-state index contributed by atoms with van der Waals surface area (Å²) >= 11 is 0. The molecule has 0 aliphatic heterocycles. The summed E-state index contributed by atoms with van der Waals surface area (Å²) < 4.78 is 0. The van der Waals surface area contributed by atoms with Crippen molar-refractivity contribution in [3.63, 3.8) is 0 Å². The number of hydrogen-bond acceptors (Lipinski definition) is 3. The summed E-state index contributed by atoms with van der Waals surface area (Å²) in [5.41, 5.74) is 0.617. The molecule has 0 amide bonds. The fourth-order valence-electron chi connectivity index (χ4n) is 0.529. The molecular formula is C8H16N2O. The van der Waals surface area contributed by atoms with E-state index in [4.69, 9.17) is 0 Å². The van der Waals surface area contributed by atoms with Crippen LogP contribution in [0.5, 0.6) is 0 Å². The summed E-state index contributed by atoms with van der Waals surface area (Å²) in [6, 6.07) is 0. The molecule has 0 saturated carbocycles. The van der Waals surface area contributed by atoms with Crippen LogP contribution in [0, 0.1) is 0 Å². The smallest absolute Gasteiger partial charge is 0.173 e. The molecular weight excluding hydrogens is 140 g/mol. The molecule has 0 aromatic carbocycles. The SMILES string of the molecule is CC(=O)C(C)=NCCN(C)C. The lowest BCUT2D eigenvalue weighted by Gasteiger charge is -2.05. The molecule has 0 aromatic rings. The Hall–Kier alpha value is -0.700. The van der Waals surface area contributed by atoms with E-state index in [0.717, 1.165) is 6.54 Å². The first kappa shape index (κ1) is 10.3. The van der Waals surface area contributed by atoms with Crippen LogP contribution in [-0.2, 0) is 4.79 Å². The molecule has 0 heterocycles. The van der Waals surface area contributed by atoms with Gasteiger partial charge >= 0.3 is 0 Å². The first-order valence-electron chi connectivity index (χ1n) is 3.70. The highest BCUT2D eigenvalue weighted by Gasteiger charge is 1.95. The number of ketones is 1. The number of carbonyl (C=O) groups is 1. The molecule has 0 fully saturated rings. The van der Waals surface area contributed by atoms with Crippen molar-refractivity contribution in [3.8, 4) is 0 Å². The predicted molar refractivity (Wildman–Crippen MR) is 47.2 cm³/mol. The zero-order chi connectivity index (χ0) is 8.85. The Morgan fingerprint density at radius 3 is 2.27 bits per heavy atom. The Kier molecular flexibility index (Phi) is 4.70. The minimum absolute atomic E-state index is 0.0590. The van der Waals surface area contributed by atoms with Crippen LogP contribution in [0.15, 0.2) is 4.99 Å². The van der Waals surface area contributed by atoms with Gasteiger partial charge in [0.05, 0.1) is 12.3 Å². The summed E-state index contributed by atoms with van der Waals surface area (Å²) in [6.07, 6.45) is 0. The third kappa shape index (κ3) is 5.73. The van der Waals surface area contributed by atoms with Gasteiger partial charge in [-0.1, -0.05) is 0 Å². The van der Waals surface area contributed by atoms with Gasteiger partial charge in [0.1, 0.15) is 0 Å². The fourth-order valence-corrected chi connectivity index (χ4v) is 0.529. The van der Waals surface area contributed by atoms with Crippen LogP contribution in [0.25, 0.3) is 0 Å². The number of hydrogen-bond donors (Lipinski definition) is 0. The van der Waals surface area contributed by atoms with Crippen LogP contribution < -0.4 is 0 Å². The van der Waals surface area contributed by atoms with E-state index >= 15 is 0 Å². The van der Waals surface area contributed by atoms with Crippen LogP contribution in [0.2, 0.25) is 0 Å². The van der Waals surface area contributed by atoms with Gasteiger partial charge in [0.15, 0.2) is 5.78 Å². The zero-order valence-electron chi connectivity index (χ0n) is 7.72. The molecule has 0 spiro atoms. The molecule has 3 heteroatoms. The van der Waals surface area contributed by atoms with Crippen molar-refractivity contribution in [2.24, 2.45) is 4.99 Å². The Morgan fingerprint density at radius 2 is 1.91 bits per heavy atom. The van der Waals surface area contributed by atoms with Gasteiger partial charge in [-0.3, -0.25) is 9.79 Å². The lowest BCUT2D eigenvalue weighted by atomic mass is 10.3. The molecule has 0 radical (unpaired) electrons. The van der Waals surface area contributed by atoms with Crippen LogP contribution in [-0.4, -0.2) is 43.6 Å². The highest BCUT2D eigenvalue weighted by molar-refractivity contribution is 6.37. The molecule has 3 nitrogen and oxygen atoms in total. The lowest BCUT2D eigenvalue weighted by Crippen LogP contribution is -2.17. The van der Waals surface area contributed by atoms with Crippen molar-refractivity contribution >= 4 is 11.5 Å². The molecule has 0 N–H and O–H groups in total. The Morgan fingerprint density at radius 1 is 1.36 bits per heavy atom. The Balaban J connectivity index is 3.65. The third-order valence-electron chi connectivity index (χ3n) is 1.41. The predicted octanol–water partition coefficient (Wildman–Crippen LogP) is 0.598. The first-order chi connectivity index (χ1) is 5.04. The second-order valence-electron chi connectivity index (χ2n) is 2.83. The molecule has 0 rings (SSSR count). The van der Waals surface area contributed by atoms with E-state index in [-0.39, 0.29) is 5.78 Å². The van der Waals surface area contributed by atoms with Gasteiger partial charge in [-0.05, 0) is 21.0 Å². The van der Waals surface area contributed by atoms with Gasteiger partial charge in [-0.15, -0.1) is 0 Å². The van der Waals surface area contributed by atoms with E-state index in [9.17, 15) is 4.79 Å². The van der Waals surface area contributed by atoms with E-state index in [0.29, 0.717) is 12.3 Å². The van der Waals surface area contributed by atoms with Crippen molar-refractivity contribution in [2.45, 2.75) is 13.8 Å². The van der Waals surface area contributed by atoms with E-state index in [1.807, 2.05) is 19.0 Å². The molecule has 0 aliphatic rings. The number of carbonyl (C=O) groups excluding carboxylic acids is 1. The fraction of sp³-hybridized carbons (Fsp3) is 0.750. The molecule has 0 atom stereocenters. The summed E-state index contributed by atoms with van der Waals surface area (Å²) in [6.45, 7) is 4.88. The van der Waals surface area contributed by atoms with E-state index in [2.05, 4.69) is 4.99 Å². The third-order valence-corrected chi connectivity index (χ3v) is 1.41. The number of nitrogens with zero attached hydrogens (tertiary/aromatic N) is 2. The van der Waals surface area contributed by atoms with Gasteiger partial charge in [0.2, 0.25) is 0 Å². The maximum atomic E-state index is 10.7. The van der Waals surface area contributed by atoms with Crippen molar-refractivity contribution in [1.82, 2.24) is 4.90 Å². The van der Waals surface area contributed by atoms with E-state index in [1.165, 1.54) is 6.92 Å². The lowest BCUT2D eigenvalue weighted by molar-refractivity contribution is -0.111. The maximum absolute atomic E-state index is 10.7. The van der Waals surface area contributed by atoms with Gasteiger partial charge in [-0.25, -0.2) is 0 Å². The second kappa shape index (κ2) is 5.02. The molecule has 0 aliphatic carbocycles. The van der Waals surface area contributed by atoms with Crippen molar-refractivity contribution < 1.29 is 4.79 Å². The average molecular weight is 156 g/mol. The van der Waals surface area contributed by atoms with Gasteiger partial charge in [0, 0.05) is 13.5 Å². The number of aliphatic imine (C=N–C) groups is 1. The highest BCUT2D eigenvalue weighted by atomic mass is 16.1. The standard InChI is InChI=1S/C8H16N2O/c1-7(8(2)11)9-5-6-10(3)4/h5-6H2,1-4H3. The Labute approximate surface area is 68.1 Å². The van der Waals surface area contributed by atoms with Crippen LogP contribution >= 0.6 is 0 Å². The number of likely N-dealkylation sites (N-methyl/N-ethyl adjacent to an activating group) is 1. The molecule has 0 saturated heterocycles. The van der Waals surface area contributed by atoms with Crippen LogP contribution in [0.1, 0.15) is 13.8 Å². The topological polar surface area (TPSA) is 32.7 Å². The molecule has 11 heavy (non-hydrogen) atoms. The summed E-state index contributed by atoms with van der Waals surface area (Å²) in [7, 11) is 3.97. The van der Waals surface area contributed by atoms with Crippen LogP contribution in [0.4, 0.5) is 0 Å². The minimum atomic E-state index is 0.0590. The van der Waals surface area contributed by atoms with Gasteiger partial charge < -0.3 is 4.90 Å². The van der Waals surface area contributed by atoms with Crippen molar-refractivity contribution in [1.29, 1.82) is 0 Å².